The maximum Gasteiger partial charge on any atom is 0.230 e. The molecule has 2 aromatic carbocycles. The number of carbonyl (C=O) groups is 1. The molecule has 4 rings (SSSR count). The fraction of sp³-hybridized carbons (Fsp3) is 0.0476. The quantitative estimate of drug-likeness (QED) is 0.557. The van der Waals surface area contributed by atoms with Crippen LogP contribution in [0.5, 0.6) is 0 Å². The molecule has 0 spiro atoms. The van der Waals surface area contributed by atoms with Crippen LogP contribution < -0.4 is 5.73 Å². The summed E-state index contributed by atoms with van der Waals surface area (Å²) in [5.41, 5.74) is 10.3. The van der Waals surface area contributed by atoms with Crippen molar-refractivity contribution in [2.45, 2.75) is 6.92 Å². The Morgan fingerprint density at radius 3 is 2.40 bits per heavy atom. The first-order valence-corrected chi connectivity index (χ1v) is 7.99. The number of benzene rings is 2. The van der Waals surface area contributed by atoms with Crippen molar-refractivity contribution in [3.8, 4) is 11.3 Å². The molecule has 0 amide bonds. The predicted octanol–water partition coefficient (Wildman–Crippen LogP) is 4.62. The van der Waals surface area contributed by atoms with Gasteiger partial charge in [-0.25, -0.2) is 4.98 Å². The maximum atomic E-state index is 12.6. The number of nitrogen functional groups attached to an aromatic ring is 1. The third-order valence-electron chi connectivity index (χ3n) is 4.18. The minimum atomic E-state index is -0.243. The zero-order valence-electron chi connectivity index (χ0n) is 13.7. The number of aryl methyl sites for hydroxylation is 1. The number of carbonyl (C=O) groups excluding carboxylic acids is 1. The number of pyridine rings is 1. The molecule has 4 aromatic rings. The zero-order valence-corrected chi connectivity index (χ0v) is 13.7. The van der Waals surface area contributed by atoms with E-state index < -0.39 is 0 Å². The van der Waals surface area contributed by atoms with Gasteiger partial charge in [0.2, 0.25) is 17.3 Å². The lowest BCUT2D eigenvalue weighted by Crippen LogP contribution is -2.02. The molecule has 0 saturated carbocycles. The van der Waals surface area contributed by atoms with Crippen molar-refractivity contribution in [2.75, 3.05) is 5.73 Å². The Balaban J connectivity index is 1.79. The molecule has 122 valence electrons. The summed E-state index contributed by atoms with van der Waals surface area (Å²) in [7, 11) is 0. The molecule has 0 atom stereocenters. The van der Waals surface area contributed by atoms with Gasteiger partial charge in [0.25, 0.3) is 0 Å². The van der Waals surface area contributed by atoms with E-state index in [1.165, 1.54) is 5.56 Å². The van der Waals surface area contributed by atoms with Gasteiger partial charge in [0.15, 0.2) is 0 Å². The van der Waals surface area contributed by atoms with Crippen molar-refractivity contribution in [3.63, 3.8) is 0 Å². The Kier molecular flexibility index (Phi) is 3.58. The second kappa shape index (κ2) is 5.91. The highest BCUT2D eigenvalue weighted by Crippen LogP contribution is 2.31. The van der Waals surface area contributed by atoms with Gasteiger partial charge in [-0.05, 0) is 19.1 Å². The van der Waals surface area contributed by atoms with Gasteiger partial charge < -0.3 is 10.2 Å². The highest BCUT2D eigenvalue weighted by atomic mass is 16.4. The predicted molar refractivity (Wildman–Crippen MR) is 98.5 cm³/mol. The van der Waals surface area contributed by atoms with Gasteiger partial charge in [-0.2, -0.15) is 0 Å². The van der Waals surface area contributed by atoms with Gasteiger partial charge in [-0.15, -0.1) is 0 Å². The lowest BCUT2D eigenvalue weighted by atomic mass is 10.1. The number of fused-ring (bicyclic) bond motifs is 1. The minimum absolute atomic E-state index is 0.134. The monoisotopic (exact) mass is 328 g/mol. The van der Waals surface area contributed by atoms with E-state index >= 15 is 0 Å². The molecule has 0 aliphatic carbocycles. The van der Waals surface area contributed by atoms with Crippen LogP contribution in [0.4, 0.5) is 5.69 Å². The van der Waals surface area contributed by atoms with E-state index in [-0.39, 0.29) is 11.5 Å². The number of furan rings is 1. The topological polar surface area (TPSA) is 69.1 Å². The third kappa shape index (κ3) is 2.68. The lowest BCUT2D eigenvalue weighted by molar-refractivity contribution is 0.101. The van der Waals surface area contributed by atoms with Crippen LogP contribution in [-0.2, 0) is 0 Å². The van der Waals surface area contributed by atoms with Crippen molar-refractivity contribution < 1.29 is 9.21 Å². The molecule has 4 heteroatoms. The summed E-state index contributed by atoms with van der Waals surface area (Å²) in [6, 6.07) is 20.7. The van der Waals surface area contributed by atoms with E-state index in [9.17, 15) is 4.79 Å². The molecule has 2 N–H and O–H groups in total. The van der Waals surface area contributed by atoms with Crippen molar-refractivity contribution in [3.05, 3.63) is 83.6 Å². The molecular weight excluding hydrogens is 312 g/mol. The Hall–Kier alpha value is -3.40. The molecule has 0 bridgehead atoms. The van der Waals surface area contributed by atoms with Crippen LogP contribution in [0.3, 0.4) is 0 Å². The number of anilines is 1. The summed E-state index contributed by atoms with van der Waals surface area (Å²) in [6.07, 6.45) is 0. The lowest BCUT2D eigenvalue weighted by Gasteiger charge is -2.01. The standard InChI is InChI=1S/C21H16N2O2/c1-13-7-9-14(10-8-13)17-12-11-16-18(22)20(25-21(16)23-17)19(24)15-5-3-2-4-6-15/h2-12H,22H2,1H3. The number of aromatic nitrogens is 1. The summed E-state index contributed by atoms with van der Waals surface area (Å²) in [5, 5.41) is 0.648. The van der Waals surface area contributed by atoms with Gasteiger partial charge in [0.1, 0.15) is 0 Å². The van der Waals surface area contributed by atoms with E-state index in [1.807, 2.05) is 49.4 Å². The Labute approximate surface area is 144 Å². The summed E-state index contributed by atoms with van der Waals surface area (Å²) in [6.45, 7) is 2.04. The van der Waals surface area contributed by atoms with E-state index in [1.54, 1.807) is 24.3 Å². The molecule has 0 saturated heterocycles. The highest BCUT2D eigenvalue weighted by Gasteiger charge is 2.21. The molecule has 4 nitrogen and oxygen atoms in total. The van der Waals surface area contributed by atoms with Crippen LogP contribution >= 0.6 is 0 Å². The van der Waals surface area contributed by atoms with Crippen LogP contribution in [0.2, 0.25) is 0 Å². The summed E-state index contributed by atoms with van der Waals surface area (Å²) in [4.78, 5) is 17.2. The van der Waals surface area contributed by atoms with Gasteiger partial charge in [-0.1, -0.05) is 60.2 Å². The molecule has 0 fully saturated rings. The van der Waals surface area contributed by atoms with Gasteiger partial charge in [0, 0.05) is 11.1 Å². The molecule has 0 radical (unpaired) electrons. The molecule has 0 unspecified atom stereocenters. The van der Waals surface area contributed by atoms with Crippen LogP contribution in [0.1, 0.15) is 21.7 Å². The van der Waals surface area contributed by atoms with Gasteiger partial charge >= 0.3 is 0 Å². The summed E-state index contributed by atoms with van der Waals surface area (Å²) >= 11 is 0. The molecule has 2 heterocycles. The SMILES string of the molecule is Cc1ccc(-c2ccc3c(N)c(C(=O)c4ccccc4)oc3n2)cc1. The highest BCUT2D eigenvalue weighted by molar-refractivity contribution is 6.14. The minimum Gasteiger partial charge on any atom is -0.432 e. The number of nitrogens with zero attached hydrogens (tertiary/aromatic N) is 1. The third-order valence-corrected chi connectivity index (χ3v) is 4.18. The van der Waals surface area contributed by atoms with Crippen LogP contribution in [-0.4, -0.2) is 10.8 Å². The van der Waals surface area contributed by atoms with E-state index in [4.69, 9.17) is 10.2 Å². The number of ketones is 1. The van der Waals surface area contributed by atoms with Gasteiger partial charge in [0.05, 0.1) is 16.8 Å². The van der Waals surface area contributed by atoms with Crippen LogP contribution in [0, 0.1) is 6.92 Å². The fourth-order valence-corrected chi connectivity index (χ4v) is 2.77. The van der Waals surface area contributed by atoms with Crippen LogP contribution in [0.15, 0.2) is 71.1 Å². The molecule has 25 heavy (non-hydrogen) atoms. The van der Waals surface area contributed by atoms with Crippen molar-refractivity contribution in [1.82, 2.24) is 4.98 Å². The van der Waals surface area contributed by atoms with Crippen LogP contribution in [0.25, 0.3) is 22.4 Å². The molecule has 0 aliphatic rings. The van der Waals surface area contributed by atoms with Crippen molar-refractivity contribution in [2.24, 2.45) is 0 Å². The van der Waals surface area contributed by atoms with E-state index in [0.717, 1.165) is 11.3 Å². The number of rotatable bonds is 3. The Bertz CT molecular complexity index is 1060. The average Bonchev–Trinajstić information content (AvgIpc) is 2.98. The van der Waals surface area contributed by atoms with Gasteiger partial charge in [-0.3, -0.25) is 4.79 Å². The van der Waals surface area contributed by atoms with E-state index in [0.29, 0.717) is 22.4 Å². The normalized spacial score (nSPS) is 10.9. The molecule has 0 aliphatic heterocycles. The maximum absolute atomic E-state index is 12.6. The second-order valence-corrected chi connectivity index (χ2v) is 5.96. The van der Waals surface area contributed by atoms with E-state index in [2.05, 4.69) is 4.98 Å². The Morgan fingerprint density at radius 1 is 0.960 bits per heavy atom. The first kappa shape index (κ1) is 15.1. The molecule has 2 aromatic heterocycles. The first-order valence-electron chi connectivity index (χ1n) is 7.99. The zero-order chi connectivity index (χ0) is 17.4. The number of hydrogen-bond acceptors (Lipinski definition) is 4. The first-order chi connectivity index (χ1) is 12.1. The second-order valence-electron chi connectivity index (χ2n) is 5.96. The Morgan fingerprint density at radius 2 is 1.68 bits per heavy atom. The largest absolute Gasteiger partial charge is 0.432 e. The summed E-state index contributed by atoms with van der Waals surface area (Å²) < 4.78 is 5.72. The smallest absolute Gasteiger partial charge is 0.230 e. The van der Waals surface area contributed by atoms with Crippen molar-refractivity contribution >= 4 is 22.6 Å². The number of hydrogen-bond donors (Lipinski definition) is 1. The molecular formula is C21H16N2O2. The average molecular weight is 328 g/mol. The van der Waals surface area contributed by atoms with Crippen molar-refractivity contribution in [1.29, 1.82) is 0 Å². The number of nitrogens with two attached hydrogens (primary N) is 1. The fourth-order valence-electron chi connectivity index (χ4n) is 2.77. The summed E-state index contributed by atoms with van der Waals surface area (Å²) in [5.74, 6) is -0.109.